The number of rotatable bonds is 13. The van der Waals surface area contributed by atoms with Crippen LogP contribution in [0.1, 0.15) is 131 Å². The number of nitrogens with zero attached hydrogens (tertiary/aromatic N) is 2. The van der Waals surface area contributed by atoms with Crippen LogP contribution in [0.2, 0.25) is 0 Å². The van der Waals surface area contributed by atoms with Crippen LogP contribution in [0.4, 0.5) is 9.59 Å². The summed E-state index contributed by atoms with van der Waals surface area (Å²) in [7, 11) is 0. The summed E-state index contributed by atoms with van der Waals surface area (Å²) >= 11 is 0. The van der Waals surface area contributed by atoms with Crippen molar-refractivity contribution in [2.45, 2.75) is 178 Å². The molecule has 64 heavy (non-hydrogen) atoms. The van der Waals surface area contributed by atoms with Gasteiger partial charge in [0.05, 0.1) is 6.04 Å². The summed E-state index contributed by atoms with van der Waals surface area (Å²) in [5, 5.41) is 31.2. The fourth-order valence-electron chi connectivity index (χ4n) is 9.44. The van der Waals surface area contributed by atoms with Crippen molar-refractivity contribution < 1.29 is 53.2 Å². The lowest BCUT2D eigenvalue weighted by atomic mass is 9.85. The van der Waals surface area contributed by atoms with Gasteiger partial charge in [0, 0.05) is 25.6 Å². The van der Waals surface area contributed by atoms with Crippen molar-refractivity contribution >= 4 is 41.8 Å². The highest BCUT2D eigenvalue weighted by Crippen LogP contribution is 2.66. The number of amides is 6. The maximum Gasteiger partial charge on any atom is 0.408 e. The molecule has 2 heterocycles. The van der Waals surface area contributed by atoms with Crippen molar-refractivity contribution in [3.8, 4) is 0 Å². The van der Waals surface area contributed by atoms with E-state index in [2.05, 4.69) is 41.7 Å². The van der Waals surface area contributed by atoms with E-state index < -0.39 is 88.3 Å². The number of aliphatic carboxylic acids is 1. The highest BCUT2D eigenvalue weighted by Gasteiger charge is 2.71. The summed E-state index contributed by atoms with van der Waals surface area (Å²) in [5.41, 5.74) is -2.84. The Morgan fingerprint density at radius 1 is 0.703 bits per heavy atom. The first-order chi connectivity index (χ1) is 28.9. The molecule has 0 aromatic heterocycles. The van der Waals surface area contributed by atoms with Crippen LogP contribution in [0.5, 0.6) is 0 Å². The molecule has 0 radical (unpaired) electrons. The second kappa shape index (κ2) is 19.2. The number of carboxylic acids is 1. The lowest BCUT2D eigenvalue weighted by Gasteiger charge is -2.38. The number of nitrogens with one attached hydrogen (secondary N) is 4. The molecular formula is C47H80N6O11. The van der Waals surface area contributed by atoms with Crippen LogP contribution in [0.15, 0.2) is 12.7 Å². The van der Waals surface area contributed by atoms with Gasteiger partial charge in [0.2, 0.25) is 17.7 Å². The van der Waals surface area contributed by atoms with Crippen LogP contribution in [-0.2, 0) is 33.4 Å². The SMILES string of the molecule is C=CCNC(=O)C(O)C(CCC)NC(=O)[C@@H]1[C@@H]2[C@H](CN1C(=O)[C@@H](NC(=O)OC(C)(C)C)C(C)(C)C)C2(C)C.CC(C)(C)OC(=O)N[C@H](C(=O)N1C[C@H]2[C@@H]([C@H]1C(=O)O)C2(C)C)C(C)(C)C. The predicted octanol–water partition coefficient (Wildman–Crippen LogP) is 4.85. The van der Waals surface area contributed by atoms with E-state index in [0.717, 1.165) is 0 Å². The number of aliphatic hydroxyl groups excluding tert-OH is 1. The topological polar surface area (TPSA) is 233 Å². The highest BCUT2D eigenvalue weighted by atomic mass is 16.6. The molecule has 2 aliphatic carbocycles. The van der Waals surface area contributed by atoms with Crippen molar-refractivity contribution in [3.63, 3.8) is 0 Å². The van der Waals surface area contributed by atoms with Crippen LogP contribution in [0, 0.1) is 45.3 Å². The molecule has 0 aromatic carbocycles. The molecule has 6 N–H and O–H groups in total. The summed E-state index contributed by atoms with van der Waals surface area (Å²) in [4.78, 5) is 92.8. The van der Waals surface area contributed by atoms with E-state index in [-0.39, 0.29) is 52.9 Å². The summed E-state index contributed by atoms with van der Waals surface area (Å²) in [6, 6.07) is -4.22. The summed E-state index contributed by atoms with van der Waals surface area (Å²) in [6.45, 7) is 36.2. The Hall–Kier alpha value is -4.41. The molecule has 0 aromatic rings. The fraction of sp³-hybridized carbons (Fsp3) is 0.809. The minimum atomic E-state index is -1.44. The molecule has 0 bridgehead atoms. The first-order valence-corrected chi connectivity index (χ1v) is 22.6. The number of likely N-dealkylation sites (tertiary alicyclic amines) is 2. The first kappa shape index (κ1) is 53.9. The van der Waals surface area contributed by atoms with Gasteiger partial charge < -0.3 is 50.8 Å². The number of ether oxygens (including phenoxy) is 2. The van der Waals surface area contributed by atoms with Gasteiger partial charge in [0.1, 0.15) is 35.4 Å². The van der Waals surface area contributed by atoms with E-state index in [1.165, 1.54) is 11.0 Å². The number of carbonyl (C=O) groups excluding carboxylic acids is 6. The number of carbonyl (C=O) groups is 7. The Balaban J connectivity index is 0.000000365. The lowest BCUT2D eigenvalue weighted by Crippen LogP contribution is -2.61. The van der Waals surface area contributed by atoms with Gasteiger partial charge in [-0.15, -0.1) is 6.58 Å². The molecule has 2 saturated heterocycles. The fourth-order valence-corrected chi connectivity index (χ4v) is 9.44. The van der Waals surface area contributed by atoms with Crippen molar-refractivity contribution in [1.29, 1.82) is 0 Å². The molecule has 4 fully saturated rings. The third kappa shape index (κ3) is 12.7. The molecular weight excluding hydrogens is 825 g/mol. The largest absolute Gasteiger partial charge is 0.480 e. The van der Waals surface area contributed by atoms with Crippen LogP contribution in [0.3, 0.4) is 0 Å². The zero-order valence-electron chi connectivity index (χ0n) is 41.6. The average molecular weight is 905 g/mol. The van der Waals surface area contributed by atoms with Crippen LogP contribution < -0.4 is 21.3 Å². The molecule has 2 saturated carbocycles. The van der Waals surface area contributed by atoms with Crippen molar-refractivity contribution in [1.82, 2.24) is 31.1 Å². The number of hydrogen-bond acceptors (Lipinski definition) is 10. The van der Waals surface area contributed by atoms with Gasteiger partial charge >= 0.3 is 18.2 Å². The van der Waals surface area contributed by atoms with Crippen molar-refractivity contribution in [2.75, 3.05) is 19.6 Å². The molecule has 364 valence electrons. The standard InChI is InChI=1S/C28H48N4O6.C19H32N2O5/c1-11-13-17(20(33)23(35)29-14-12-2)30-22(34)19-18-16(28(18,9)10)15-32(19)24(36)21(26(3,4)5)31-25(37)38-27(6,7)8;1-17(2,3)13(20-16(25)26-18(4,5)6)14(22)21-9-10-11(19(10,7)8)12(21)15(23)24/h12,16-21,33H,2,11,13-15H2,1,3-10H3,(H,29,35)(H,30,34)(H,31,37);10-13H,9H2,1-8H3,(H,20,25)(H,23,24)/t16-,17?,18-,19-,20?,21+;10-,11-,12-,13+/m00/s1. The molecule has 2 unspecified atom stereocenters. The number of piperidine rings is 2. The van der Waals surface area contributed by atoms with Gasteiger partial charge in [-0.1, -0.05) is 88.7 Å². The van der Waals surface area contributed by atoms with E-state index in [9.17, 15) is 43.8 Å². The van der Waals surface area contributed by atoms with Gasteiger partial charge in [0.25, 0.3) is 5.91 Å². The zero-order chi connectivity index (χ0) is 49.5. The second-order valence-corrected chi connectivity index (χ2v) is 23.4. The Kier molecular flexibility index (Phi) is 16.2. The molecule has 0 spiro atoms. The maximum absolute atomic E-state index is 13.9. The second-order valence-electron chi connectivity index (χ2n) is 23.4. The summed E-state index contributed by atoms with van der Waals surface area (Å²) in [6.07, 6.45) is -0.295. The summed E-state index contributed by atoms with van der Waals surface area (Å²) < 4.78 is 10.7. The number of aliphatic hydroxyl groups is 1. The van der Waals surface area contributed by atoms with E-state index in [1.54, 1.807) is 46.4 Å². The van der Waals surface area contributed by atoms with Crippen molar-refractivity contribution in [3.05, 3.63) is 12.7 Å². The number of hydrogen-bond donors (Lipinski definition) is 6. The van der Waals surface area contributed by atoms with Gasteiger partial charge in [-0.2, -0.15) is 0 Å². The minimum Gasteiger partial charge on any atom is -0.480 e. The smallest absolute Gasteiger partial charge is 0.408 e. The van der Waals surface area contributed by atoms with Crippen molar-refractivity contribution in [2.24, 2.45) is 45.3 Å². The Bertz CT molecular complexity index is 1790. The third-order valence-corrected chi connectivity index (χ3v) is 13.1. The molecule has 10 atom stereocenters. The van der Waals surface area contributed by atoms with E-state index in [1.807, 2.05) is 62.3 Å². The maximum atomic E-state index is 13.9. The van der Waals surface area contributed by atoms with Gasteiger partial charge in [0.15, 0.2) is 6.10 Å². The zero-order valence-corrected chi connectivity index (χ0v) is 41.6. The van der Waals surface area contributed by atoms with Gasteiger partial charge in [-0.25, -0.2) is 14.4 Å². The predicted molar refractivity (Wildman–Crippen MR) is 241 cm³/mol. The summed E-state index contributed by atoms with van der Waals surface area (Å²) in [5.74, 6) is -2.49. The molecule has 17 nitrogen and oxygen atoms in total. The Labute approximate surface area is 380 Å². The number of fused-ring (bicyclic) bond motifs is 2. The minimum absolute atomic E-state index is 0.0360. The highest BCUT2D eigenvalue weighted by molar-refractivity contribution is 5.94. The quantitative estimate of drug-likeness (QED) is 0.137. The third-order valence-electron chi connectivity index (χ3n) is 13.1. The van der Waals surface area contributed by atoms with Crippen LogP contribution in [-0.4, -0.2) is 129 Å². The van der Waals surface area contributed by atoms with Gasteiger partial charge in [-0.3, -0.25) is 19.2 Å². The Morgan fingerprint density at radius 2 is 1.09 bits per heavy atom. The Morgan fingerprint density at radius 3 is 1.44 bits per heavy atom. The van der Waals surface area contributed by atoms with Crippen LogP contribution in [0.25, 0.3) is 0 Å². The van der Waals surface area contributed by atoms with E-state index in [4.69, 9.17) is 9.47 Å². The molecule has 6 amide bonds. The molecule has 17 heteroatoms. The van der Waals surface area contributed by atoms with E-state index >= 15 is 0 Å². The molecule has 4 rings (SSSR count). The average Bonchev–Trinajstić information content (AvgIpc) is 3.59. The van der Waals surface area contributed by atoms with E-state index in [0.29, 0.717) is 25.9 Å². The molecule has 4 aliphatic rings. The number of alkyl carbamates (subject to hydrolysis) is 2. The first-order valence-electron chi connectivity index (χ1n) is 22.6. The molecule has 2 aliphatic heterocycles. The van der Waals surface area contributed by atoms with Gasteiger partial charge in [-0.05, 0) is 87.4 Å². The number of carboxylic acid groups (broad SMARTS) is 1. The normalized spacial score (nSPS) is 25.9. The van der Waals surface area contributed by atoms with Crippen LogP contribution >= 0.6 is 0 Å². The monoisotopic (exact) mass is 905 g/mol. The lowest BCUT2D eigenvalue weighted by molar-refractivity contribution is -0.152.